The predicted octanol–water partition coefficient (Wildman–Crippen LogP) is 4.91. The molecule has 1 aromatic heterocycles. The summed E-state index contributed by atoms with van der Waals surface area (Å²) < 4.78 is 2.15. The van der Waals surface area contributed by atoms with Crippen LogP contribution in [0.3, 0.4) is 0 Å². The number of nitrogens with one attached hydrogen (secondary N) is 1. The minimum absolute atomic E-state index is 0.227. The van der Waals surface area contributed by atoms with E-state index in [0.29, 0.717) is 5.56 Å². The molecule has 2 aromatic carbocycles. The highest BCUT2D eigenvalue weighted by Gasteiger charge is 2.07. The quantitative estimate of drug-likeness (QED) is 0.512. The van der Waals surface area contributed by atoms with Crippen molar-refractivity contribution < 1.29 is 4.79 Å². The molecule has 0 aliphatic rings. The second-order valence-electron chi connectivity index (χ2n) is 6.44. The van der Waals surface area contributed by atoms with E-state index in [4.69, 9.17) is 0 Å². The van der Waals surface area contributed by atoms with E-state index in [0.717, 1.165) is 28.4 Å². The molecule has 0 saturated heterocycles. The van der Waals surface area contributed by atoms with Crippen molar-refractivity contribution in [1.29, 1.82) is 0 Å². The summed E-state index contributed by atoms with van der Waals surface area (Å²) in [7, 11) is 0. The fourth-order valence-corrected chi connectivity index (χ4v) is 2.86. The molecular formula is C23H23N3O. The summed E-state index contributed by atoms with van der Waals surface area (Å²) in [4.78, 5) is 12.3. The van der Waals surface area contributed by atoms with E-state index in [1.807, 2.05) is 73.7 Å². The van der Waals surface area contributed by atoms with Gasteiger partial charge >= 0.3 is 0 Å². The van der Waals surface area contributed by atoms with Crippen LogP contribution in [-0.4, -0.2) is 16.2 Å². The van der Waals surface area contributed by atoms with E-state index in [9.17, 15) is 4.79 Å². The molecule has 1 N–H and O–H groups in total. The summed E-state index contributed by atoms with van der Waals surface area (Å²) in [6.07, 6.45) is 3.83. The molecule has 0 aliphatic carbocycles. The van der Waals surface area contributed by atoms with Gasteiger partial charge in [-0.2, -0.15) is 5.10 Å². The summed E-state index contributed by atoms with van der Waals surface area (Å²) >= 11 is 0. The number of hydrogen-bond donors (Lipinski definition) is 1. The highest BCUT2D eigenvalue weighted by atomic mass is 16.2. The minimum Gasteiger partial charge on any atom is -0.319 e. The first-order valence-electron chi connectivity index (χ1n) is 8.88. The van der Waals surface area contributed by atoms with Gasteiger partial charge in [-0.25, -0.2) is 5.43 Å². The Morgan fingerprint density at radius 3 is 2.19 bits per heavy atom. The lowest BCUT2D eigenvalue weighted by molar-refractivity contribution is 0.0955. The number of aryl methyl sites for hydroxylation is 2. The smallest absolute Gasteiger partial charge is 0.271 e. The molecule has 0 aliphatic heterocycles. The van der Waals surface area contributed by atoms with Crippen LogP contribution in [0.4, 0.5) is 0 Å². The number of hydrazone groups is 1. The fraction of sp³-hybridized carbons (Fsp3) is 0.130. The lowest BCUT2D eigenvalue weighted by Gasteiger charge is -2.10. The number of aromatic nitrogens is 1. The summed E-state index contributed by atoms with van der Waals surface area (Å²) in [5, 5.41) is 4.14. The van der Waals surface area contributed by atoms with Crippen LogP contribution >= 0.6 is 0 Å². The summed E-state index contributed by atoms with van der Waals surface area (Å²) in [5.74, 6) is -0.227. The van der Waals surface area contributed by atoms with E-state index in [1.165, 1.54) is 0 Å². The fourth-order valence-electron chi connectivity index (χ4n) is 2.86. The Bertz CT molecular complexity index is 961. The average Bonchev–Trinajstić information content (AvgIpc) is 3.03. The Hall–Kier alpha value is -3.40. The topological polar surface area (TPSA) is 46.4 Å². The lowest BCUT2D eigenvalue weighted by atomic mass is 10.2. The van der Waals surface area contributed by atoms with Crippen molar-refractivity contribution in [1.82, 2.24) is 9.99 Å². The Balaban J connectivity index is 1.65. The van der Waals surface area contributed by atoms with Crippen molar-refractivity contribution >= 4 is 17.7 Å². The molecule has 27 heavy (non-hydrogen) atoms. The summed E-state index contributed by atoms with van der Waals surface area (Å²) in [6, 6.07) is 21.6. The van der Waals surface area contributed by atoms with Gasteiger partial charge in [-0.3, -0.25) is 4.79 Å². The molecule has 0 radical (unpaired) electrons. The Labute approximate surface area is 159 Å². The number of carbonyl (C=O) groups excluding carboxylic acids is 1. The van der Waals surface area contributed by atoms with E-state index < -0.39 is 0 Å². The number of rotatable bonds is 5. The largest absolute Gasteiger partial charge is 0.319 e. The molecule has 3 rings (SSSR count). The van der Waals surface area contributed by atoms with Crippen LogP contribution in [0.2, 0.25) is 0 Å². The van der Waals surface area contributed by atoms with Crippen molar-refractivity contribution in [2.75, 3.05) is 0 Å². The first-order chi connectivity index (χ1) is 13.0. The number of nitrogens with zero attached hydrogens (tertiary/aromatic N) is 2. The van der Waals surface area contributed by atoms with Crippen molar-refractivity contribution in [2.45, 2.75) is 20.8 Å². The third-order valence-electron chi connectivity index (χ3n) is 4.31. The van der Waals surface area contributed by atoms with Gasteiger partial charge in [0.25, 0.3) is 5.91 Å². The molecule has 1 heterocycles. The number of amides is 1. The molecule has 0 bridgehead atoms. The second-order valence-corrected chi connectivity index (χ2v) is 6.44. The van der Waals surface area contributed by atoms with Gasteiger partial charge < -0.3 is 4.57 Å². The zero-order valence-corrected chi connectivity index (χ0v) is 15.8. The molecule has 0 unspecified atom stereocenters. The van der Waals surface area contributed by atoms with E-state index in [-0.39, 0.29) is 5.91 Å². The zero-order chi connectivity index (χ0) is 19.2. The standard InChI is InChI=1S/C23H23N3O/c1-17(9-12-20-7-5-4-6-8-20)24-25-23(27)21-13-15-22(16-14-21)26-18(2)10-11-19(26)3/h4-16H,1-3H3,(H,25,27). The Kier molecular flexibility index (Phi) is 5.67. The molecule has 3 aromatic rings. The maximum Gasteiger partial charge on any atom is 0.271 e. The highest BCUT2D eigenvalue weighted by molar-refractivity contribution is 5.99. The van der Waals surface area contributed by atoms with E-state index in [2.05, 4.69) is 41.1 Å². The van der Waals surface area contributed by atoms with E-state index in [1.54, 1.807) is 0 Å². The van der Waals surface area contributed by atoms with Gasteiger partial charge in [0, 0.05) is 22.6 Å². The molecule has 0 fully saturated rings. The molecule has 4 nitrogen and oxygen atoms in total. The van der Waals surface area contributed by atoms with Crippen LogP contribution in [0.15, 0.2) is 77.9 Å². The SMILES string of the molecule is CC(C=Cc1ccccc1)=NNC(=O)c1ccc(-n2c(C)ccc2C)cc1. The second kappa shape index (κ2) is 8.32. The average molecular weight is 357 g/mol. The van der Waals surface area contributed by atoms with Gasteiger partial charge in [0.2, 0.25) is 0 Å². The molecule has 1 amide bonds. The summed E-state index contributed by atoms with van der Waals surface area (Å²) in [6.45, 7) is 5.97. The third-order valence-corrected chi connectivity index (χ3v) is 4.31. The van der Waals surface area contributed by atoms with Gasteiger partial charge in [0.05, 0.1) is 5.71 Å². The van der Waals surface area contributed by atoms with Crippen LogP contribution in [0, 0.1) is 13.8 Å². The monoisotopic (exact) mass is 357 g/mol. The number of allylic oxidation sites excluding steroid dienone is 1. The van der Waals surface area contributed by atoms with Gasteiger partial charge in [-0.15, -0.1) is 0 Å². The van der Waals surface area contributed by atoms with Gasteiger partial charge in [-0.1, -0.05) is 36.4 Å². The normalized spacial score (nSPS) is 11.7. The molecule has 0 spiro atoms. The number of benzene rings is 2. The highest BCUT2D eigenvalue weighted by Crippen LogP contribution is 2.16. The molecular weight excluding hydrogens is 334 g/mol. The van der Waals surface area contributed by atoms with Crippen molar-refractivity contribution in [3.63, 3.8) is 0 Å². The van der Waals surface area contributed by atoms with Crippen LogP contribution in [0.5, 0.6) is 0 Å². The zero-order valence-electron chi connectivity index (χ0n) is 15.8. The maximum absolute atomic E-state index is 12.3. The van der Waals surface area contributed by atoms with Crippen LogP contribution < -0.4 is 5.43 Å². The van der Waals surface area contributed by atoms with Crippen molar-refractivity contribution in [3.05, 3.63) is 95.3 Å². The van der Waals surface area contributed by atoms with Crippen molar-refractivity contribution in [2.24, 2.45) is 5.10 Å². The summed E-state index contributed by atoms with van der Waals surface area (Å²) in [5.41, 5.74) is 8.35. The molecule has 4 heteroatoms. The van der Waals surface area contributed by atoms with Gasteiger partial charge in [0.15, 0.2) is 0 Å². The molecule has 0 atom stereocenters. The van der Waals surface area contributed by atoms with Crippen LogP contribution in [-0.2, 0) is 0 Å². The number of carbonyl (C=O) groups is 1. The Morgan fingerprint density at radius 2 is 1.56 bits per heavy atom. The molecule has 136 valence electrons. The van der Waals surface area contributed by atoms with Gasteiger partial charge in [0.1, 0.15) is 0 Å². The molecule has 0 saturated carbocycles. The van der Waals surface area contributed by atoms with Crippen LogP contribution in [0.1, 0.15) is 34.2 Å². The van der Waals surface area contributed by atoms with E-state index >= 15 is 0 Å². The van der Waals surface area contributed by atoms with Gasteiger partial charge in [-0.05, 0) is 68.8 Å². The first-order valence-corrected chi connectivity index (χ1v) is 8.88. The Morgan fingerprint density at radius 1 is 0.926 bits per heavy atom. The predicted molar refractivity (Wildman–Crippen MR) is 111 cm³/mol. The number of hydrogen-bond acceptors (Lipinski definition) is 2. The first kappa shape index (κ1) is 18.4. The van der Waals surface area contributed by atoms with Crippen LogP contribution in [0.25, 0.3) is 11.8 Å². The maximum atomic E-state index is 12.3. The third kappa shape index (κ3) is 4.61. The van der Waals surface area contributed by atoms with Crippen molar-refractivity contribution in [3.8, 4) is 5.69 Å². The lowest BCUT2D eigenvalue weighted by Crippen LogP contribution is -2.18. The minimum atomic E-state index is -0.227.